The molecule has 2 rings (SSSR count). The number of carbonyl (C=O) groups excluding carboxylic acids is 2. The molecule has 0 spiro atoms. The molecule has 116 valence electrons. The fraction of sp³-hybridized carbons (Fsp3) is 0.692. The number of carbonyl (C=O) groups is 2. The van der Waals surface area contributed by atoms with Gasteiger partial charge in [-0.1, -0.05) is 5.21 Å². The van der Waals surface area contributed by atoms with Crippen LogP contribution in [-0.4, -0.2) is 56.4 Å². The van der Waals surface area contributed by atoms with Gasteiger partial charge in [0.25, 0.3) is 0 Å². The van der Waals surface area contributed by atoms with Crippen molar-refractivity contribution in [3.05, 3.63) is 11.9 Å². The molecule has 1 heterocycles. The first-order valence-corrected chi connectivity index (χ1v) is 6.92. The van der Waals surface area contributed by atoms with Crippen LogP contribution in [0.1, 0.15) is 32.4 Å². The number of hydrogen-bond acceptors (Lipinski definition) is 5. The van der Waals surface area contributed by atoms with Gasteiger partial charge in [0.1, 0.15) is 17.8 Å². The normalized spacial score (nSPS) is 14.9. The van der Waals surface area contributed by atoms with Gasteiger partial charge in [-0.15, -0.1) is 5.10 Å². The van der Waals surface area contributed by atoms with Crippen LogP contribution >= 0.6 is 0 Å². The minimum absolute atomic E-state index is 0.0176. The summed E-state index contributed by atoms with van der Waals surface area (Å²) in [6, 6.07) is 0.283. The average Bonchev–Trinajstić information content (AvgIpc) is 3.03. The van der Waals surface area contributed by atoms with Crippen molar-refractivity contribution < 1.29 is 14.7 Å². The van der Waals surface area contributed by atoms with Gasteiger partial charge in [-0.3, -0.25) is 9.59 Å². The molecule has 0 aliphatic heterocycles. The SMILES string of the molecule is CN(CC(=O)NC1CC1)C(=O)Cn1cc(C(C)(C)O)nn1. The van der Waals surface area contributed by atoms with E-state index in [-0.39, 0.29) is 30.9 Å². The Kier molecular flexibility index (Phi) is 4.26. The number of rotatable bonds is 6. The molecule has 1 aliphatic carbocycles. The Hall–Kier alpha value is -1.96. The summed E-state index contributed by atoms with van der Waals surface area (Å²) in [6.45, 7) is 3.20. The number of amides is 2. The molecule has 0 bridgehead atoms. The summed E-state index contributed by atoms with van der Waals surface area (Å²) in [6.07, 6.45) is 3.56. The fourth-order valence-corrected chi connectivity index (χ4v) is 1.72. The lowest BCUT2D eigenvalue weighted by Gasteiger charge is -2.16. The van der Waals surface area contributed by atoms with E-state index >= 15 is 0 Å². The number of aliphatic hydroxyl groups is 1. The minimum atomic E-state index is -1.10. The van der Waals surface area contributed by atoms with E-state index < -0.39 is 5.60 Å². The van der Waals surface area contributed by atoms with E-state index in [9.17, 15) is 14.7 Å². The van der Waals surface area contributed by atoms with Gasteiger partial charge in [0.15, 0.2) is 0 Å². The molecule has 1 aromatic rings. The zero-order valence-electron chi connectivity index (χ0n) is 12.5. The zero-order valence-corrected chi connectivity index (χ0v) is 12.5. The quantitative estimate of drug-likeness (QED) is 0.718. The van der Waals surface area contributed by atoms with Gasteiger partial charge in [0.2, 0.25) is 11.8 Å². The van der Waals surface area contributed by atoms with E-state index in [1.54, 1.807) is 20.9 Å². The van der Waals surface area contributed by atoms with Crippen molar-refractivity contribution in [2.45, 2.75) is 44.9 Å². The monoisotopic (exact) mass is 295 g/mol. The molecule has 0 atom stereocenters. The van der Waals surface area contributed by atoms with E-state index in [0.717, 1.165) is 12.8 Å². The maximum Gasteiger partial charge on any atom is 0.244 e. The Morgan fingerprint density at radius 2 is 2.19 bits per heavy atom. The minimum Gasteiger partial charge on any atom is -0.384 e. The highest BCUT2D eigenvalue weighted by atomic mass is 16.3. The molecule has 8 heteroatoms. The highest BCUT2D eigenvalue weighted by Crippen LogP contribution is 2.18. The maximum atomic E-state index is 12.0. The molecule has 0 aromatic carbocycles. The highest BCUT2D eigenvalue weighted by molar-refractivity contribution is 5.84. The first-order valence-electron chi connectivity index (χ1n) is 6.92. The third-order valence-electron chi connectivity index (χ3n) is 3.21. The molecular weight excluding hydrogens is 274 g/mol. The average molecular weight is 295 g/mol. The van der Waals surface area contributed by atoms with Crippen LogP contribution in [-0.2, 0) is 21.7 Å². The highest BCUT2D eigenvalue weighted by Gasteiger charge is 2.25. The van der Waals surface area contributed by atoms with Crippen molar-refractivity contribution in [2.75, 3.05) is 13.6 Å². The number of hydrogen-bond donors (Lipinski definition) is 2. The molecule has 8 nitrogen and oxygen atoms in total. The predicted molar refractivity (Wildman–Crippen MR) is 74.1 cm³/mol. The van der Waals surface area contributed by atoms with Crippen molar-refractivity contribution >= 4 is 11.8 Å². The zero-order chi connectivity index (χ0) is 15.6. The molecule has 0 unspecified atom stereocenters. The van der Waals surface area contributed by atoms with E-state index in [4.69, 9.17) is 0 Å². The van der Waals surface area contributed by atoms with Gasteiger partial charge in [-0.25, -0.2) is 4.68 Å². The van der Waals surface area contributed by atoms with Gasteiger partial charge in [-0.05, 0) is 26.7 Å². The van der Waals surface area contributed by atoms with Crippen molar-refractivity contribution in [1.29, 1.82) is 0 Å². The third kappa shape index (κ3) is 4.52. The van der Waals surface area contributed by atoms with Crippen molar-refractivity contribution in [2.24, 2.45) is 0 Å². The molecule has 0 radical (unpaired) electrons. The van der Waals surface area contributed by atoms with Gasteiger partial charge in [-0.2, -0.15) is 0 Å². The number of nitrogens with zero attached hydrogens (tertiary/aromatic N) is 4. The van der Waals surface area contributed by atoms with E-state index in [1.807, 2.05) is 0 Å². The van der Waals surface area contributed by atoms with Crippen LogP contribution in [0.15, 0.2) is 6.20 Å². The molecule has 1 saturated carbocycles. The second-order valence-corrected chi connectivity index (χ2v) is 5.95. The van der Waals surface area contributed by atoms with Crippen LogP contribution in [0.4, 0.5) is 0 Å². The Bertz CT molecular complexity index is 530. The number of likely N-dealkylation sites (N-methyl/N-ethyl adjacent to an activating group) is 1. The summed E-state index contributed by atoms with van der Waals surface area (Å²) in [4.78, 5) is 25.0. The summed E-state index contributed by atoms with van der Waals surface area (Å²) < 4.78 is 1.35. The summed E-state index contributed by atoms with van der Waals surface area (Å²) in [5.74, 6) is -0.391. The van der Waals surface area contributed by atoms with Gasteiger partial charge in [0.05, 0.1) is 12.7 Å². The Balaban J connectivity index is 1.85. The molecule has 2 amide bonds. The topological polar surface area (TPSA) is 100 Å². The van der Waals surface area contributed by atoms with Crippen LogP contribution in [0.5, 0.6) is 0 Å². The van der Waals surface area contributed by atoms with Gasteiger partial charge in [0, 0.05) is 13.1 Å². The molecule has 1 fully saturated rings. The lowest BCUT2D eigenvalue weighted by Crippen LogP contribution is -2.40. The van der Waals surface area contributed by atoms with Crippen LogP contribution in [0, 0.1) is 0 Å². The van der Waals surface area contributed by atoms with Crippen LogP contribution in [0.3, 0.4) is 0 Å². The van der Waals surface area contributed by atoms with Gasteiger partial charge >= 0.3 is 0 Å². The first kappa shape index (κ1) is 15.4. The van der Waals surface area contributed by atoms with E-state index in [2.05, 4.69) is 15.6 Å². The molecule has 0 saturated heterocycles. The van der Waals surface area contributed by atoms with Crippen molar-refractivity contribution in [3.63, 3.8) is 0 Å². The summed E-state index contributed by atoms with van der Waals surface area (Å²) >= 11 is 0. The summed E-state index contributed by atoms with van der Waals surface area (Å²) in [7, 11) is 1.57. The molecular formula is C13H21N5O3. The lowest BCUT2D eigenvalue weighted by molar-refractivity contribution is -0.135. The lowest BCUT2D eigenvalue weighted by atomic mass is 10.1. The Morgan fingerprint density at radius 1 is 1.52 bits per heavy atom. The summed E-state index contributed by atoms with van der Waals surface area (Å²) in [5.41, 5.74) is -0.707. The van der Waals surface area contributed by atoms with Crippen molar-refractivity contribution in [1.82, 2.24) is 25.2 Å². The van der Waals surface area contributed by atoms with Crippen LogP contribution < -0.4 is 5.32 Å². The number of aromatic nitrogens is 3. The largest absolute Gasteiger partial charge is 0.384 e. The Morgan fingerprint density at radius 3 is 2.71 bits per heavy atom. The fourth-order valence-electron chi connectivity index (χ4n) is 1.72. The second kappa shape index (κ2) is 5.80. The summed E-state index contributed by atoms with van der Waals surface area (Å²) in [5, 5.41) is 20.2. The second-order valence-electron chi connectivity index (χ2n) is 5.95. The van der Waals surface area contributed by atoms with Crippen molar-refractivity contribution in [3.8, 4) is 0 Å². The Labute approximate surface area is 123 Å². The van der Waals surface area contributed by atoms with Gasteiger partial charge < -0.3 is 15.3 Å². The molecule has 1 aromatic heterocycles. The first-order chi connectivity index (χ1) is 9.75. The standard InChI is InChI=1S/C13H21N5O3/c1-13(2,21)10-6-18(16-15-10)8-12(20)17(3)7-11(19)14-9-4-5-9/h6,9,21H,4-5,7-8H2,1-3H3,(H,14,19). The molecule has 2 N–H and O–H groups in total. The number of nitrogens with one attached hydrogen (secondary N) is 1. The van der Waals surface area contributed by atoms with Crippen LogP contribution in [0.2, 0.25) is 0 Å². The predicted octanol–water partition coefficient (Wildman–Crippen LogP) is -0.757. The smallest absolute Gasteiger partial charge is 0.244 e. The maximum absolute atomic E-state index is 12.0. The molecule has 21 heavy (non-hydrogen) atoms. The molecule has 1 aliphatic rings. The third-order valence-corrected chi connectivity index (χ3v) is 3.21. The van der Waals surface area contributed by atoms with E-state index in [1.165, 1.54) is 15.8 Å². The van der Waals surface area contributed by atoms with Crippen LogP contribution in [0.25, 0.3) is 0 Å². The van der Waals surface area contributed by atoms with E-state index in [0.29, 0.717) is 5.69 Å².